The second-order valence-corrected chi connectivity index (χ2v) is 3.81. The van der Waals surface area contributed by atoms with Crippen molar-refractivity contribution in [2.75, 3.05) is 13.1 Å². The van der Waals surface area contributed by atoms with E-state index in [0.717, 1.165) is 13.1 Å². The standard InChI is InChI=1S/C8H15NO2/c1-8(2,11)3-7(10)6-4-9-5-6/h6,9,11H,3-5H2,1-2H3. The third kappa shape index (κ3) is 2.60. The zero-order chi connectivity index (χ0) is 8.48. The van der Waals surface area contributed by atoms with E-state index in [4.69, 9.17) is 0 Å². The Morgan fingerprint density at radius 3 is 2.45 bits per heavy atom. The molecule has 1 heterocycles. The van der Waals surface area contributed by atoms with E-state index in [1.165, 1.54) is 0 Å². The van der Waals surface area contributed by atoms with Gasteiger partial charge in [-0.3, -0.25) is 4.79 Å². The number of aliphatic hydroxyl groups is 1. The Morgan fingerprint density at radius 1 is 1.64 bits per heavy atom. The number of ketones is 1. The van der Waals surface area contributed by atoms with Crippen molar-refractivity contribution >= 4 is 5.78 Å². The molecule has 0 aromatic rings. The second kappa shape index (κ2) is 2.91. The lowest BCUT2D eigenvalue weighted by atomic mass is 9.90. The van der Waals surface area contributed by atoms with Crippen LogP contribution in [0.2, 0.25) is 0 Å². The molecule has 11 heavy (non-hydrogen) atoms. The molecule has 64 valence electrons. The first-order valence-electron chi connectivity index (χ1n) is 3.95. The van der Waals surface area contributed by atoms with Gasteiger partial charge in [0.25, 0.3) is 0 Å². The fourth-order valence-electron chi connectivity index (χ4n) is 1.09. The molecule has 0 radical (unpaired) electrons. The van der Waals surface area contributed by atoms with Crippen molar-refractivity contribution in [3.8, 4) is 0 Å². The summed E-state index contributed by atoms with van der Waals surface area (Å²) in [4.78, 5) is 11.2. The molecule has 1 rings (SSSR count). The van der Waals surface area contributed by atoms with Crippen LogP contribution in [0.15, 0.2) is 0 Å². The van der Waals surface area contributed by atoms with Gasteiger partial charge < -0.3 is 10.4 Å². The van der Waals surface area contributed by atoms with Crippen molar-refractivity contribution in [2.24, 2.45) is 5.92 Å². The van der Waals surface area contributed by atoms with Crippen molar-refractivity contribution in [3.63, 3.8) is 0 Å². The van der Waals surface area contributed by atoms with Crippen LogP contribution in [0.3, 0.4) is 0 Å². The van der Waals surface area contributed by atoms with Crippen LogP contribution in [0.1, 0.15) is 20.3 Å². The summed E-state index contributed by atoms with van der Waals surface area (Å²) in [6.07, 6.45) is 0.277. The van der Waals surface area contributed by atoms with E-state index >= 15 is 0 Å². The van der Waals surface area contributed by atoms with Crippen LogP contribution in [0.4, 0.5) is 0 Å². The van der Waals surface area contributed by atoms with Crippen LogP contribution in [0.25, 0.3) is 0 Å². The molecule has 3 heteroatoms. The predicted molar refractivity (Wildman–Crippen MR) is 42.3 cm³/mol. The summed E-state index contributed by atoms with van der Waals surface area (Å²) in [6, 6.07) is 0. The van der Waals surface area contributed by atoms with Crippen LogP contribution < -0.4 is 5.32 Å². The molecule has 0 saturated carbocycles. The van der Waals surface area contributed by atoms with E-state index in [0.29, 0.717) is 0 Å². The van der Waals surface area contributed by atoms with Gasteiger partial charge in [-0.25, -0.2) is 0 Å². The van der Waals surface area contributed by atoms with Crippen LogP contribution >= 0.6 is 0 Å². The zero-order valence-corrected chi connectivity index (χ0v) is 7.05. The fraction of sp³-hybridized carbons (Fsp3) is 0.875. The average molecular weight is 157 g/mol. The van der Waals surface area contributed by atoms with Crippen LogP contribution in [0, 0.1) is 5.92 Å². The summed E-state index contributed by atoms with van der Waals surface area (Å²) in [5.74, 6) is 0.331. The number of hydrogen-bond donors (Lipinski definition) is 2. The molecule has 2 N–H and O–H groups in total. The Kier molecular flexibility index (Phi) is 2.30. The highest BCUT2D eigenvalue weighted by molar-refractivity contribution is 5.83. The lowest BCUT2D eigenvalue weighted by molar-refractivity contribution is -0.128. The summed E-state index contributed by atoms with van der Waals surface area (Å²) in [5, 5.41) is 12.3. The van der Waals surface area contributed by atoms with Gasteiger partial charge >= 0.3 is 0 Å². The minimum atomic E-state index is -0.841. The molecule has 1 aliphatic heterocycles. The van der Waals surface area contributed by atoms with E-state index in [2.05, 4.69) is 5.32 Å². The first-order valence-corrected chi connectivity index (χ1v) is 3.95. The topological polar surface area (TPSA) is 49.3 Å². The molecule has 0 spiro atoms. The molecular formula is C8H15NO2. The Labute approximate surface area is 66.8 Å². The summed E-state index contributed by atoms with van der Waals surface area (Å²) in [5.41, 5.74) is -0.841. The Morgan fingerprint density at radius 2 is 2.18 bits per heavy atom. The smallest absolute Gasteiger partial charge is 0.141 e. The molecule has 0 amide bonds. The van der Waals surface area contributed by atoms with Crippen LogP contribution in [-0.2, 0) is 4.79 Å². The first kappa shape index (κ1) is 8.68. The van der Waals surface area contributed by atoms with Gasteiger partial charge in [-0.2, -0.15) is 0 Å². The van der Waals surface area contributed by atoms with E-state index in [-0.39, 0.29) is 18.1 Å². The minimum absolute atomic E-state index is 0.154. The fourth-order valence-corrected chi connectivity index (χ4v) is 1.09. The monoisotopic (exact) mass is 157 g/mol. The molecule has 0 bridgehead atoms. The lowest BCUT2D eigenvalue weighted by Crippen LogP contribution is -2.47. The molecular weight excluding hydrogens is 142 g/mol. The maximum absolute atomic E-state index is 11.2. The van der Waals surface area contributed by atoms with Crippen LogP contribution in [-0.4, -0.2) is 29.6 Å². The van der Waals surface area contributed by atoms with E-state index in [1.807, 2.05) is 0 Å². The maximum Gasteiger partial charge on any atom is 0.141 e. The maximum atomic E-state index is 11.2. The van der Waals surface area contributed by atoms with Crippen molar-refractivity contribution in [1.82, 2.24) is 5.32 Å². The summed E-state index contributed by atoms with van der Waals surface area (Å²) in [6.45, 7) is 4.90. The highest BCUT2D eigenvalue weighted by Crippen LogP contribution is 2.14. The highest BCUT2D eigenvalue weighted by Gasteiger charge is 2.28. The Bertz CT molecular complexity index is 156. The summed E-state index contributed by atoms with van der Waals surface area (Å²) >= 11 is 0. The van der Waals surface area contributed by atoms with Gasteiger partial charge in [0, 0.05) is 25.4 Å². The van der Waals surface area contributed by atoms with Crippen molar-refractivity contribution in [2.45, 2.75) is 25.9 Å². The van der Waals surface area contributed by atoms with Crippen molar-refractivity contribution in [1.29, 1.82) is 0 Å². The largest absolute Gasteiger partial charge is 0.390 e. The number of carbonyl (C=O) groups is 1. The molecule has 1 fully saturated rings. The summed E-state index contributed by atoms with van der Waals surface area (Å²) in [7, 11) is 0. The average Bonchev–Trinajstić information content (AvgIpc) is 1.50. The third-order valence-corrected chi connectivity index (χ3v) is 1.84. The molecule has 0 atom stereocenters. The van der Waals surface area contributed by atoms with E-state index in [1.54, 1.807) is 13.8 Å². The van der Waals surface area contributed by atoms with Gasteiger partial charge in [0.1, 0.15) is 5.78 Å². The number of rotatable bonds is 3. The zero-order valence-electron chi connectivity index (χ0n) is 7.05. The Hall–Kier alpha value is -0.410. The molecule has 3 nitrogen and oxygen atoms in total. The third-order valence-electron chi connectivity index (χ3n) is 1.84. The van der Waals surface area contributed by atoms with E-state index < -0.39 is 5.60 Å². The van der Waals surface area contributed by atoms with Crippen molar-refractivity contribution < 1.29 is 9.90 Å². The molecule has 0 aliphatic carbocycles. The molecule has 0 aromatic carbocycles. The van der Waals surface area contributed by atoms with Crippen molar-refractivity contribution in [3.05, 3.63) is 0 Å². The van der Waals surface area contributed by atoms with Gasteiger partial charge in [0.2, 0.25) is 0 Å². The number of nitrogens with one attached hydrogen (secondary N) is 1. The van der Waals surface area contributed by atoms with Gasteiger partial charge in [-0.1, -0.05) is 0 Å². The van der Waals surface area contributed by atoms with Gasteiger partial charge in [0.05, 0.1) is 5.60 Å². The van der Waals surface area contributed by atoms with Crippen LogP contribution in [0.5, 0.6) is 0 Å². The second-order valence-electron chi connectivity index (χ2n) is 3.81. The van der Waals surface area contributed by atoms with Gasteiger partial charge in [-0.05, 0) is 13.8 Å². The summed E-state index contributed by atoms with van der Waals surface area (Å²) < 4.78 is 0. The van der Waals surface area contributed by atoms with Gasteiger partial charge in [-0.15, -0.1) is 0 Å². The SMILES string of the molecule is CC(C)(O)CC(=O)C1CNC1. The van der Waals surface area contributed by atoms with E-state index in [9.17, 15) is 9.90 Å². The number of Topliss-reactive ketones (excluding diaryl/α,β-unsaturated/α-hetero) is 1. The van der Waals surface area contributed by atoms with Gasteiger partial charge in [0.15, 0.2) is 0 Å². The predicted octanol–water partition coefficient (Wildman–Crippen LogP) is -0.0641. The molecule has 0 aromatic heterocycles. The number of carbonyl (C=O) groups excluding carboxylic acids is 1. The molecule has 1 aliphatic rings. The Balaban J connectivity index is 2.31. The molecule has 1 saturated heterocycles. The minimum Gasteiger partial charge on any atom is -0.390 e. The normalized spacial score (nSPS) is 19.5. The lowest BCUT2D eigenvalue weighted by Gasteiger charge is -2.28. The first-order chi connectivity index (χ1) is 4.99. The highest BCUT2D eigenvalue weighted by atomic mass is 16.3. The molecule has 0 unspecified atom stereocenters. The number of hydrogen-bond acceptors (Lipinski definition) is 3. The quantitative estimate of drug-likeness (QED) is 0.603.